The number of dihydropyridines is 1. The molecule has 17 heavy (non-hydrogen) atoms. The summed E-state index contributed by atoms with van der Waals surface area (Å²) in [5, 5.41) is 0.588. The van der Waals surface area contributed by atoms with E-state index in [2.05, 4.69) is 35.3 Å². The van der Waals surface area contributed by atoms with Crippen molar-refractivity contribution < 1.29 is 0 Å². The van der Waals surface area contributed by atoms with Gasteiger partial charge in [-0.2, -0.15) is 0 Å². The van der Waals surface area contributed by atoms with Crippen LogP contribution in [0.15, 0.2) is 46.3 Å². The normalized spacial score (nSPS) is 28.6. The molecule has 3 unspecified atom stereocenters. The Morgan fingerprint density at radius 1 is 1.29 bits per heavy atom. The number of rotatable bonds is 2. The predicted octanol–water partition coefficient (Wildman–Crippen LogP) is 4.06. The topological polar surface area (TPSA) is 12.4 Å². The number of alkyl halides is 1. The summed E-state index contributed by atoms with van der Waals surface area (Å²) in [6.45, 7) is 0.938. The molecule has 3 atom stereocenters. The van der Waals surface area contributed by atoms with E-state index in [9.17, 15) is 0 Å². The van der Waals surface area contributed by atoms with Gasteiger partial charge in [0.2, 0.25) is 0 Å². The van der Waals surface area contributed by atoms with Crippen molar-refractivity contribution in [3.63, 3.8) is 0 Å². The first-order valence-corrected chi connectivity index (χ1v) is 7.22. The maximum atomic E-state index is 6.59. The molecule has 3 rings (SSSR count). The van der Waals surface area contributed by atoms with Crippen molar-refractivity contribution in [2.45, 2.75) is 17.0 Å². The van der Waals surface area contributed by atoms with E-state index in [-0.39, 0.29) is 5.38 Å². The van der Waals surface area contributed by atoms with Gasteiger partial charge in [0.05, 0.1) is 5.38 Å². The summed E-state index contributed by atoms with van der Waals surface area (Å²) in [5.41, 5.74) is 1.23. The Labute approximate surface area is 111 Å². The molecule has 2 aliphatic rings. The number of aliphatic imine (C=N–C) groups is 1. The number of thioether (sulfide) groups is 1. The third-order valence-corrected chi connectivity index (χ3v) is 5.54. The predicted molar refractivity (Wildman–Crippen MR) is 76.0 cm³/mol. The molecular weight excluding hydrogens is 250 g/mol. The highest BCUT2D eigenvalue weighted by Crippen LogP contribution is 2.49. The first kappa shape index (κ1) is 11.4. The Balaban J connectivity index is 1.75. The van der Waals surface area contributed by atoms with Crippen molar-refractivity contribution in [1.29, 1.82) is 0 Å². The second-order valence-electron chi connectivity index (χ2n) is 4.48. The molecule has 2 heterocycles. The second kappa shape index (κ2) is 4.87. The molecule has 1 aromatic carbocycles. The largest absolute Gasteiger partial charge is 0.292 e. The highest BCUT2D eigenvalue weighted by molar-refractivity contribution is 8.04. The Bertz CT molecular complexity index is 455. The van der Waals surface area contributed by atoms with E-state index >= 15 is 0 Å². The van der Waals surface area contributed by atoms with Crippen LogP contribution in [0.4, 0.5) is 0 Å². The molecule has 1 aromatic rings. The Hall–Kier alpha value is -0.730. The van der Waals surface area contributed by atoms with Crippen LogP contribution in [0, 0.1) is 5.92 Å². The fourth-order valence-corrected chi connectivity index (χ4v) is 4.26. The zero-order chi connectivity index (χ0) is 11.7. The van der Waals surface area contributed by atoms with Crippen LogP contribution < -0.4 is 0 Å². The molecule has 0 spiro atoms. The number of nitrogens with zero attached hydrogens (tertiary/aromatic N) is 1. The monoisotopic (exact) mass is 263 g/mol. The number of hydrogen-bond donors (Lipinski definition) is 0. The van der Waals surface area contributed by atoms with Gasteiger partial charge in [0, 0.05) is 23.9 Å². The van der Waals surface area contributed by atoms with E-state index in [0.717, 1.165) is 13.0 Å². The van der Waals surface area contributed by atoms with Gasteiger partial charge in [-0.15, -0.1) is 23.4 Å². The Morgan fingerprint density at radius 3 is 2.88 bits per heavy atom. The smallest absolute Gasteiger partial charge is 0.0707 e. The molecule has 0 amide bonds. The lowest BCUT2D eigenvalue weighted by Crippen LogP contribution is -2.10. The highest BCUT2D eigenvalue weighted by atomic mass is 35.5. The summed E-state index contributed by atoms with van der Waals surface area (Å²) in [5.74, 6) is 0.611. The van der Waals surface area contributed by atoms with Gasteiger partial charge in [0.1, 0.15) is 0 Å². The Kier molecular flexibility index (Phi) is 3.26. The number of fused-ring (bicyclic) bond motifs is 1. The van der Waals surface area contributed by atoms with Crippen LogP contribution in [-0.4, -0.2) is 18.0 Å². The number of benzene rings is 1. The summed E-state index contributed by atoms with van der Waals surface area (Å²) < 4.78 is 0. The van der Waals surface area contributed by atoms with Crippen LogP contribution in [0.25, 0.3) is 0 Å². The van der Waals surface area contributed by atoms with Gasteiger partial charge in [-0.1, -0.05) is 30.3 Å². The van der Waals surface area contributed by atoms with E-state index in [0.29, 0.717) is 11.2 Å². The molecule has 0 bridgehead atoms. The zero-order valence-corrected chi connectivity index (χ0v) is 11.0. The van der Waals surface area contributed by atoms with Crippen LogP contribution in [0.1, 0.15) is 17.4 Å². The van der Waals surface area contributed by atoms with E-state index < -0.39 is 0 Å². The van der Waals surface area contributed by atoms with Crippen LogP contribution in [-0.2, 0) is 0 Å². The van der Waals surface area contributed by atoms with Gasteiger partial charge in [0.25, 0.3) is 0 Å². The summed E-state index contributed by atoms with van der Waals surface area (Å²) in [6, 6.07) is 10.4. The third-order valence-electron chi connectivity index (χ3n) is 3.32. The molecule has 2 aliphatic heterocycles. The van der Waals surface area contributed by atoms with Gasteiger partial charge in [-0.3, -0.25) is 4.99 Å². The van der Waals surface area contributed by atoms with Crippen molar-refractivity contribution in [1.82, 2.24) is 0 Å². The van der Waals surface area contributed by atoms with Crippen molar-refractivity contribution in [3.05, 3.63) is 46.9 Å². The lowest BCUT2D eigenvalue weighted by molar-refractivity contribution is 0.590. The van der Waals surface area contributed by atoms with Crippen molar-refractivity contribution in [3.8, 4) is 0 Å². The van der Waals surface area contributed by atoms with Crippen molar-refractivity contribution in [2.24, 2.45) is 10.9 Å². The van der Waals surface area contributed by atoms with E-state index in [4.69, 9.17) is 11.6 Å². The minimum absolute atomic E-state index is 0.104. The van der Waals surface area contributed by atoms with Gasteiger partial charge in [-0.05, 0) is 23.0 Å². The molecule has 3 heteroatoms. The average molecular weight is 264 g/mol. The molecule has 88 valence electrons. The van der Waals surface area contributed by atoms with Crippen molar-refractivity contribution >= 4 is 29.6 Å². The Morgan fingerprint density at radius 2 is 2.12 bits per heavy atom. The molecule has 1 fully saturated rings. The van der Waals surface area contributed by atoms with E-state index in [1.165, 1.54) is 10.5 Å². The first-order valence-electron chi connectivity index (χ1n) is 5.90. The minimum Gasteiger partial charge on any atom is -0.292 e. The maximum Gasteiger partial charge on any atom is 0.0707 e. The molecule has 1 saturated heterocycles. The standard InChI is InChI=1S/C14H14ClNS/c15-14(10-4-2-1-3-5-10)13-8-11-9-16-7-6-12(11)17-13/h1-7,11,13-14H,8-9H2. The fourth-order valence-electron chi connectivity index (χ4n) is 2.40. The lowest BCUT2D eigenvalue weighted by Gasteiger charge is -2.16. The average Bonchev–Trinajstić information content (AvgIpc) is 2.82. The lowest BCUT2D eigenvalue weighted by atomic mass is 9.98. The van der Waals surface area contributed by atoms with Gasteiger partial charge in [0.15, 0.2) is 0 Å². The molecule has 0 saturated carbocycles. The van der Waals surface area contributed by atoms with Gasteiger partial charge >= 0.3 is 0 Å². The van der Waals surface area contributed by atoms with Crippen LogP contribution in [0.3, 0.4) is 0 Å². The minimum atomic E-state index is 0.104. The molecule has 0 aliphatic carbocycles. The van der Waals surface area contributed by atoms with Gasteiger partial charge < -0.3 is 0 Å². The van der Waals surface area contributed by atoms with Crippen LogP contribution in [0.5, 0.6) is 0 Å². The zero-order valence-electron chi connectivity index (χ0n) is 9.42. The second-order valence-corrected chi connectivity index (χ2v) is 6.27. The molecule has 0 aromatic heterocycles. The highest BCUT2D eigenvalue weighted by Gasteiger charge is 2.35. The SMILES string of the molecule is ClC(c1ccccc1)C1CC2CN=CC=C2S1. The fraction of sp³-hybridized carbons (Fsp3) is 0.357. The number of hydrogen-bond acceptors (Lipinski definition) is 2. The summed E-state index contributed by atoms with van der Waals surface area (Å²) in [7, 11) is 0. The number of allylic oxidation sites excluding steroid dienone is 1. The van der Waals surface area contributed by atoms with Crippen molar-refractivity contribution in [2.75, 3.05) is 6.54 Å². The molecule has 0 N–H and O–H groups in total. The van der Waals surface area contributed by atoms with Crippen LogP contribution >= 0.6 is 23.4 Å². The molecular formula is C14H14ClNS. The summed E-state index contributed by atoms with van der Waals surface area (Å²) in [6.07, 6.45) is 5.22. The van der Waals surface area contributed by atoms with E-state index in [1.54, 1.807) is 0 Å². The molecule has 0 radical (unpaired) electrons. The third kappa shape index (κ3) is 2.29. The number of halogens is 1. The maximum absolute atomic E-state index is 6.59. The van der Waals surface area contributed by atoms with Gasteiger partial charge in [-0.25, -0.2) is 0 Å². The van der Waals surface area contributed by atoms with Crippen LogP contribution in [0.2, 0.25) is 0 Å². The summed E-state index contributed by atoms with van der Waals surface area (Å²) in [4.78, 5) is 5.79. The van der Waals surface area contributed by atoms with E-state index in [1.807, 2.05) is 24.0 Å². The molecule has 1 nitrogen and oxygen atoms in total. The quantitative estimate of drug-likeness (QED) is 0.733. The first-order chi connectivity index (χ1) is 8.34. The summed E-state index contributed by atoms with van der Waals surface area (Å²) >= 11 is 8.52.